The molecule has 0 atom stereocenters. The van der Waals surface area contributed by atoms with Crippen LogP contribution in [0.1, 0.15) is 11.1 Å². The Balaban J connectivity index is 2.27. The Hall–Kier alpha value is -1.77. The zero-order chi connectivity index (χ0) is 17.0. The highest BCUT2D eigenvalue weighted by atomic mass is 79.9. The van der Waals surface area contributed by atoms with Gasteiger partial charge < -0.3 is 4.74 Å². The molecule has 0 N–H and O–H groups in total. The number of aliphatic imine (C=N–C) groups is 1. The highest BCUT2D eigenvalue weighted by molar-refractivity contribution is 9.13. The molecule has 0 aromatic heterocycles. The lowest BCUT2D eigenvalue weighted by atomic mass is 10.1. The minimum atomic E-state index is 0.769. The van der Waals surface area contributed by atoms with Crippen LogP contribution in [0.4, 0.5) is 5.69 Å². The van der Waals surface area contributed by atoms with Crippen molar-refractivity contribution in [3.8, 4) is 24.0 Å². The molecule has 0 saturated carbocycles. The molecule has 0 saturated heterocycles. The molecule has 2 rings (SSSR count). The lowest BCUT2D eigenvalue weighted by Crippen LogP contribution is -2.06. The molecule has 0 aliphatic heterocycles. The summed E-state index contributed by atoms with van der Waals surface area (Å²) in [6.45, 7) is 3.99. The smallest absolute Gasteiger partial charge is 0.130 e. The van der Waals surface area contributed by atoms with Gasteiger partial charge in [-0.05, 0) is 87.2 Å². The highest BCUT2D eigenvalue weighted by Gasteiger charge is 2.07. The van der Waals surface area contributed by atoms with Crippen molar-refractivity contribution in [2.24, 2.45) is 4.99 Å². The van der Waals surface area contributed by atoms with Crippen LogP contribution in [0.2, 0.25) is 0 Å². The van der Waals surface area contributed by atoms with Crippen LogP contribution in [0, 0.1) is 26.3 Å². The SMILES string of the molecule is C#CN(C)/C=N\c1cc(C)c(Oc2ccc(Br)c(Br)c2)cc1C. The van der Waals surface area contributed by atoms with Crippen LogP contribution in [0.5, 0.6) is 11.5 Å². The Morgan fingerprint density at radius 1 is 1.13 bits per heavy atom. The second-order valence-corrected chi connectivity index (χ2v) is 6.78. The Labute approximate surface area is 153 Å². The maximum Gasteiger partial charge on any atom is 0.130 e. The molecule has 0 radical (unpaired) electrons. The Bertz CT molecular complexity index is 794. The molecule has 0 bridgehead atoms. The van der Waals surface area contributed by atoms with Crippen LogP contribution in [0.3, 0.4) is 0 Å². The quantitative estimate of drug-likeness (QED) is 0.262. The highest BCUT2D eigenvalue weighted by Crippen LogP contribution is 2.34. The number of hydrogen-bond donors (Lipinski definition) is 0. The average Bonchev–Trinajstić information content (AvgIpc) is 2.52. The van der Waals surface area contributed by atoms with Gasteiger partial charge in [0.25, 0.3) is 0 Å². The van der Waals surface area contributed by atoms with Gasteiger partial charge in [0.05, 0.1) is 5.69 Å². The van der Waals surface area contributed by atoms with E-state index in [1.165, 1.54) is 0 Å². The van der Waals surface area contributed by atoms with Gasteiger partial charge in [-0.15, -0.1) is 0 Å². The van der Waals surface area contributed by atoms with Crippen molar-refractivity contribution in [1.29, 1.82) is 0 Å². The Morgan fingerprint density at radius 2 is 1.87 bits per heavy atom. The fraction of sp³-hybridized carbons (Fsp3) is 0.167. The standard InChI is InChI=1S/C18H16Br2N2O/c1-5-22(4)11-21-17-8-13(3)18(9-12(17)2)23-14-6-7-15(19)16(20)10-14/h1,6-11H,2-4H3/b21-11-. The summed E-state index contributed by atoms with van der Waals surface area (Å²) in [5.41, 5.74) is 2.89. The van der Waals surface area contributed by atoms with Crippen LogP contribution in [0.15, 0.2) is 44.3 Å². The largest absolute Gasteiger partial charge is 0.457 e. The van der Waals surface area contributed by atoms with E-state index in [1.54, 1.807) is 18.3 Å². The van der Waals surface area contributed by atoms with E-state index < -0.39 is 0 Å². The molecule has 0 amide bonds. The van der Waals surface area contributed by atoms with Gasteiger partial charge in [0.1, 0.15) is 17.8 Å². The van der Waals surface area contributed by atoms with E-state index >= 15 is 0 Å². The minimum absolute atomic E-state index is 0.769. The summed E-state index contributed by atoms with van der Waals surface area (Å²) < 4.78 is 7.92. The summed E-state index contributed by atoms with van der Waals surface area (Å²) in [6, 6.07) is 12.2. The minimum Gasteiger partial charge on any atom is -0.457 e. The third kappa shape index (κ3) is 4.60. The van der Waals surface area contributed by atoms with Crippen molar-refractivity contribution in [3.63, 3.8) is 0 Å². The number of halogens is 2. The number of rotatable bonds is 4. The number of terminal acetylenes is 1. The number of ether oxygens (including phenoxy) is 1. The normalized spacial score (nSPS) is 10.6. The first-order chi connectivity index (χ1) is 10.9. The van der Waals surface area contributed by atoms with E-state index in [1.807, 2.05) is 44.2 Å². The fourth-order valence-corrected chi connectivity index (χ4v) is 2.48. The zero-order valence-electron chi connectivity index (χ0n) is 13.1. The molecule has 0 aliphatic rings. The van der Waals surface area contributed by atoms with Gasteiger partial charge in [-0.1, -0.05) is 6.42 Å². The number of nitrogens with zero attached hydrogens (tertiary/aromatic N) is 2. The molecule has 5 heteroatoms. The van der Waals surface area contributed by atoms with Crippen LogP contribution in [0.25, 0.3) is 0 Å². The summed E-state index contributed by atoms with van der Waals surface area (Å²) in [7, 11) is 1.77. The third-order valence-electron chi connectivity index (χ3n) is 3.19. The zero-order valence-corrected chi connectivity index (χ0v) is 16.3. The molecule has 118 valence electrons. The van der Waals surface area contributed by atoms with E-state index in [9.17, 15) is 0 Å². The van der Waals surface area contributed by atoms with Gasteiger partial charge >= 0.3 is 0 Å². The summed E-state index contributed by atoms with van der Waals surface area (Å²) in [5, 5.41) is 0. The predicted octanol–water partition coefficient (Wildman–Crippen LogP) is 5.80. The van der Waals surface area contributed by atoms with Crippen LogP contribution < -0.4 is 4.74 Å². The van der Waals surface area contributed by atoms with E-state index in [-0.39, 0.29) is 0 Å². The average molecular weight is 436 g/mol. The maximum atomic E-state index is 5.98. The van der Waals surface area contributed by atoms with E-state index in [0.717, 1.165) is 37.3 Å². The second kappa shape index (κ2) is 7.67. The van der Waals surface area contributed by atoms with Crippen molar-refractivity contribution in [2.45, 2.75) is 13.8 Å². The Kier molecular flexibility index (Phi) is 5.86. The Morgan fingerprint density at radius 3 is 2.52 bits per heavy atom. The predicted molar refractivity (Wildman–Crippen MR) is 103 cm³/mol. The van der Waals surface area contributed by atoms with E-state index in [0.29, 0.717) is 0 Å². The van der Waals surface area contributed by atoms with Gasteiger partial charge in [0.15, 0.2) is 0 Å². The number of benzene rings is 2. The van der Waals surface area contributed by atoms with Gasteiger partial charge in [-0.3, -0.25) is 4.90 Å². The molecular weight excluding hydrogens is 420 g/mol. The fourth-order valence-electron chi connectivity index (χ4n) is 1.87. The molecule has 0 spiro atoms. The molecule has 0 fully saturated rings. The number of aryl methyl sites for hydroxylation is 2. The molecule has 23 heavy (non-hydrogen) atoms. The first-order valence-electron chi connectivity index (χ1n) is 6.88. The van der Waals surface area contributed by atoms with Gasteiger partial charge in [0.2, 0.25) is 0 Å². The monoisotopic (exact) mass is 434 g/mol. The maximum absolute atomic E-state index is 5.98. The van der Waals surface area contributed by atoms with Crippen LogP contribution in [-0.2, 0) is 0 Å². The van der Waals surface area contributed by atoms with Crippen LogP contribution >= 0.6 is 31.9 Å². The third-order valence-corrected chi connectivity index (χ3v) is 5.07. The van der Waals surface area contributed by atoms with Crippen molar-refractivity contribution >= 4 is 43.9 Å². The second-order valence-electron chi connectivity index (χ2n) is 5.07. The topological polar surface area (TPSA) is 24.8 Å². The van der Waals surface area contributed by atoms with Crippen molar-refractivity contribution < 1.29 is 4.74 Å². The summed E-state index contributed by atoms with van der Waals surface area (Å²) in [6.07, 6.45) is 6.91. The first-order valence-corrected chi connectivity index (χ1v) is 8.46. The summed E-state index contributed by atoms with van der Waals surface area (Å²) in [4.78, 5) is 5.97. The van der Waals surface area contributed by atoms with Crippen molar-refractivity contribution in [3.05, 3.63) is 50.4 Å². The van der Waals surface area contributed by atoms with Crippen molar-refractivity contribution in [2.75, 3.05) is 7.05 Å². The molecule has 0 heterocycles. The van der Waals surface area contributed by atoms with Crippen molar-refractivity contribution in [1.82, 2.24) is 4.90 Å². The summed E-state index contributed by atoms with van der Waals surface area (Å²) >= 11 is 6.93. The van der Waals surface area contributed by atoms with E-state index in [4.69, 9.17) is 11.2 Å². The lowest BCUT2D eigenvalue weighted by Gasteiger charge is -2.12. The van der Waals surface area contributed by atoms with E-state index in [2.05, 4.69) is 42.9 Å². The lowest BCUT2D eigenvalue weighted by molar-refractivity contribution is 0.478. The van der Waals surface area contributed by atoms with Gasteiger partial charge in [-0.25, -0.2) is 4.99 Å². The molecular formula is C18H16Br2N2O. The molecule has 0 aliphatic carbocycles. The molecule has 2 aromatic carbocycles. The van der Waals surface area contributed by atoms with Gasteiger partial charge in [-0.2, -0.15) is 0 Å². The molecule has 0 unspecified atom stereocenters. The number of hydrogen-bond acceptors (Lipinski definition) is 2. The first kappa shape index (κ1) is 17.6. The van der Waals surface area contributed by atoms with Gasteiger partial charge in [0, 0.05) is 22.0 Å². The molecule has 2 aromatic rings. The van der Waals surface area contributed by atoms with Crippen LogP contribution in [-0.4, -0.2) is 18.3 Å². The summed E-state index contributed by atoms with van der Waals surface area (Å²) in [5.74, 6) is 1.58. The molecule has 3 nitrogen and oxygen atoms in total.